The summed E-state index contributed by atoms with van der Waals surface area (Å²) in [7, 11) is 0. The van der Waals surface area contributed by atoms with Gasteiger partial charge in [-0.05, 0) is 44.2 Å². The summed E-state index contributed by atoms with van der Waals surface area (Å²) >= 11 is 1.71. The van der Waals surface area contributed by atoms with E-state index in [4.69, 9.17) is 0 Å². The van der Waals surface area contributed by atoms with Gasteiger partial charge in [0.1, 0.15) is 0 Å². The zero-order chi connectivity index (χ0) is 15.1. The Morgan fingerprint density at radius 1 is 1.62 bits per heavy atom. The molecule has 1 aromatic rings. The molecular formula is C16H27N3OS. The molecule has 1 aromatic heterocycles. The van der Waals surface area contributed by atoms with Crippen LogP contribution in [0.4, 0.5) is 0 Å². The van der Waals surface area contributed by atoms with E-state index >= 15 is 0 Å². The predicted octanol–water partition coefficient (Wildman–Crippen LogP) is 2.39. The predicted molar refractivity (Wildman–Crippen MR) is 87.6 cm³/mol. The van der Waals surface area contributed by atoms with Gasteiger partial charge < -0.3 is 10.6 Å². The van der Waals surface area contributed by atoms with Crippen molar-refractivity contribution in [1.29, 1.82) is 0 Å². The molecule has 0 aromatic carbocycles. The van der Waals surface area contributed by atoms with E-state index in [1.807, 2.05) is 0 Å². The summed E-state index contributed by atoms with van der Waals surface area (Å²) < 4.78 is 0. The second-order valence-electron chi connectivity index (χ2n) is 5.97. The number of piperidine rings is 1. The molecule has 0 saturated carbocycles. The van der Waals surface area contributed by atoms with Crippen LogP contribution in [-0.4, -0.2) is 30.5 Å². The lowest BCUT2D eigenvalue weighted by Gasteiger charge is -2.28. The van der Waals surface area contributed by atoms with Gasteiger partial charge in [0, 0.05) is 24.8 Å². The first kappa shape index (κ1) is 16.4. The number of nitrogens with one attached hydrogen (secondary N) is 2. The Morgan fingerprint density at radius 2 is 2.48 bits per heavy atom. The molecule has 118 valence electrons. The van der Waals surface area contributed by atoms with Gasteiger partial charge in [-0.25, -0.2) is 4.98 Å². The van der Waals surface area contributed by atoms with E-state index in [0.717, 1.165) is 31.6 Å². The van der Waals surface area contributed by atoms with E-state index in [0.29, 0.717) is 24.8 Å². The highest BCUT2D eigenvalue weighted by Crippen LogP contribution is 2.22. The monoisotopic (exact) mass is 309 g/mol. The van der Waals surface area contributed by atoms with Crippen molar-refractivity contribution in [3.63, 3.8) is 0 Å². The molecule has 0 bridgehead atoms. The van der Waals surface area contributed by atoms with E-state index < -0.39 is 0 Å². The molecule has 1 amide bonds. The number of hydrogen-bond acceptors (Lipinski definition) is 4. The largest absolute Gasteiger partial charge is 0.356 e. The number of carbonyl (C=O) groups is 1. The smallest absolute Gasteiger partial charge is 0.220 e. The number of aryl methyl sites for hydroxylation is 1. The van der Waals surface area contributed by atoms with Gasteiger partial charge in [0.25, 0.3) is 0 Å². The van der Waals surface area contributed by atoms with Crippen LogP contribution in [0.25, 0.3) is 0 Å². The van der Waals surface area contributed by atoms with Gasteiger partial charge >= 0.3 is 0 Å². The van der Waals surface area contributed by atoms with Crippen molar-refractivity contribution in [1.82, 2.24) is 15.6 Å². The molecule has 5 heteroatoms. The number of carbonyl (C=O) groups excluding carboxylic acids is 1. The highest BCUT2D eigenvalue weighted by atomic mass is 32.1. The fraction of sp³-hybridized carbons (Fsp3) is 0.750. The van der Waals surface area contributed by atoms with Crippen molar-refractivity contribution in [2.24, 2.45) is 11.8 Å². The molecule has 2 atom stereocenters. The van der Waals surface area contributed by atoms with Crippen molar-refractivity contribution >= 4 is 17.2 Å². The van der Waals surface area contributed by atoms with Crippen molar-refractivity contribution < 1.29 is 4.79 Å². The maximum absolute atomic E-state index is 12.0. The minimum atomic E-state index is 0.180. The molecule has 1 aliphatic rings. The van der Waals surface area contributed by atoms with Crippen LogP contribution in [0.15, 0.2) is 5.38 Å². The van der Waals surface area contributed by atoms with Crippen molar-refractivity contribution in [3.05, 3.63) is 16.1 Å². The average Bonchev–Trinajstić information content (AvgIpc) is 2.96. The molecule has 0 radical (unpaired) electrons. The molecule has 2 unspecified atom stereocenters. The van der Waals surface area contributed by atoms with Gasteiger partial charge in [-0.1, -0.05) is 13.8 Å². The number of thiazole rings is 1. The number of aromatic nitrogens is 1. The SMILES string of the molecule is CCc1nc(CCNC(=O)CC(C)C2CCCNC2)cs1. The minimum absolute atomic E-state index is 0.180. The van der Waals surface area contributed by atoms with Crippen LogP contribution in [0.5, 0.6) is 0 Å². The Bertz CT molecular complexity index is 440. The molecule has 1 saturated heterocycles. The Morgan fingerprint density at radius 3 is 3.14 bits per heavy atom. The average molecular weight is 309 g/mol. The van der Waals surface area contributed by atoms with Gasteiger partial charge in [0.2, 0.25) is 5.91 Å². The van der Waals surface area contributed by atoms with Gasteiger partial charge in [0.15, 0.2) is 0 Å². The molecule has 1 fully saturated rings. The fourth-order valence-corrected chi connectivity index (χ4v) is 3.63. The van der Waals surface area contributed by atoms with Gasteiger partial charge in [0.05, 0.1) is 10.7 Å². The van der Waals surface area contributed by atoms with Crippen LogP contribution >= 0.6 is 11.3 Å². The molecule has 1 aliphatic heterocycles. The Hall–Kier alpha value is -0.940. The van der Waals surface area contributed by atoms with Crippen molar-refractivity contribution in [3.8, 4) is 0 Å². The van der Waals surface area contributed by atoms with Crippen molar-refractivity contribution in [2.75, 3.05) is 19.6 Å². The zero-order valence-corrected chi connectivity index (χ0v) is 14.0. The summed E-state index contributed by atoms with van der Waals surface area (Å²) in [5, 5.41) is 9.73. The number of amides is 1. The molecule has 2 heterocycles. The molecule has 4 nitrogen and oxygen atoms in total. The first-order chi connectivity index (χ1) is 10.2. The topological polar surface area (TPSA) is 54.0 Å². The standard InChI is InChI=1S/C16H27N3OS/c1-3-16-19-14(11-21-16)6-8-18-15(20)9-12(2)13-5-4-7-17-10-13/h11-13,17H,3-10H2,1-2H3,(H,18,20). The Labute approximate surface area is 131 Å². The summed E-state index contributed by atoms with van der Waals surface area (Å²) in [6, 6.07) is 0. The number of nitrogens with zero attached hydrogens (tertiary/aromatic N) is 1. The first-order valence-corrected chi connectivity index (χ1v) is 8.97. The molecule has 2 rings (SSSR count). The Balaban J connectivity index is 1.64. The van der Waals surface area contributed by atoms with Gasteiger partial charge in [-0.2, -0.15) is 0 Å². The van der Waals surface area contributed by atoms with Crippen LogP contribution in [-0.2, 0) is 17.6 Å². The minimum Gasteiger partial charge on any atom is -0.356 e. The van der Waals surface area contributed by atoms with Gasteiger partial charge in [-0.3, -0.25) is 4.79 Å². The maximum Gasteiger partial charge on any atom is 0.220 e. The van der Waals surface area contributed by atoms with Gasteiger partial charge in [-0.15, -0.1) is 11.3 Å². The molecule has 2 N–H and O–H groups in total. The Kier molecular flexibility index (Phi) is 6.64. The van der Waals surface area contributed by atoms with Crippen LogP contribution in [0.2, 0.25) is 0 Å². The second-order valence-corrected chi connectivity index (χ2v) is 6.92. The lowest BCUT2D eigenvalue weighted by atomic mass is 9.85. The third-order valence-electron chi connectivity index (χ3n) is 4.25. The molecule has 21 heavy (non-hydrogen) atoms. The lowest BCUT2D eigenvalue weighted by molar-refractivity contribution is -0.122. The van der Waals surface area contributed by atoms with E-state index in [-0.39, 0.29) is 5.91 Å². The number of hydrogen-bond donors (Lipinski definition) is 2. The van der Waals surface area contributed by atoms with E-state index in [2.05, 4.69) is 34.8 Å². The molecular weight excluding hydrogens is 282 g/mol. The zero-order valence-electron chi connectivity index (χ0n) is 13.2. The first-order valence-electron chi connectivity index (χ1n) is 8.09. The number of rotatable bonds is 7. The van der Waals surface area contributed by atoms with E-state index in [9.17, 15) is 4.79 Å². The highest BCUT2D eigenvalue weighted by Gasteiger charge is 2.21. The van der Waals surface area contributed by atoms with Crippen molar-refractivity contribution in [2.45, 2.75) is 46.0 Å². The van der Waals surface area contributed by atoms with Crippen LogP contribution in [0.1, 0.15) is 43.8 Å². The highest BCUT2D eigenvalue weighted by molar-refractivity contribution is 7.09. The van der Waals surface area contributed by atoms with E-state index in [1.54, 1.807) is 11.3 Å². The quantitative estimate of drug-likeness (QED) is 0.813. The van der Waals surface area contributed by atoms with Crippen LogP contribution in [0, 0.1) is 11.8 Å². The third-order valence-corrected chi connectivity index (χ3v) is 5.29. The lowest BCUT2D eigenvalue weighted by Crippen LogP contribution is -2.36. The molecule has 0 spiro atoms. The summed E-state index contributed by atoms with van der Waals surface area (Å²) in [6.07, 6.45) is 4.95. The summed E-state index contributed by atoms with van der Waals surface area (Å²) in [4.78, 5) is 16.5. The summed E-state index contributed by atoms with van der Waals surface area (Å²) in [5.41, 5.74) is 1.10. The fourth-order valence-electron chi connectivity index (χ4n) is 2.85. The maximum atomic E-state index is 12.0. The second kappa shape index (κ2) is 8.49. The third kappa shape index (κ3) is 5.40. The van der Waals surface area contributed by atoms with Crippen LogP contribution < -0.4 is 10.6 Å². The summed E-state index contributed by atoms with van der Waals surface area (Å²) in [6.45, 7) is 7.20. The van der Waals surface area contributed by atoms with Crippen LogP contribution in [0.3, 0.4) is 0 Å². The molecule has 0 aliphatic carbocycles. The van der Waals surface area contributed by atoms with E-state index in [1.165, 1.54) is 17.8 Å². The normalized spacial score (nSPS) is 20.2. The summed E-state index contributed by atoms with van der Waals surface area (Å²) in [5.74, 6) is 1.29.